The van der Waals surface area contributed by atoms with Gasteiger partial charge in [-0.2, -0.15) is 0 Å². The predicted octanol–water partition coefficient (Wildman–Crippen LogP) is 2.38. The number of aryl methyl sites for hydroxylation is 2. The first-order valence-corrected chi connectivity index (χ1v) is 9.36. The number of anilines is 1. The fraction of sp³-hybridized carbons (Fsp3) is 0.588. The zero-order valence-electron chi connectivity index (χ0n) is 14.2. The molecule has 1 amide bonds. The number of rotatable bonds is 2. The summed E-state index contributed by atoms with van der Waals surface area (Å²) in [4.78, 5) is 28.2. The molecule has 0 bridgehead atoms. The summed E-state index contributed by atoms with van der Waals surface area (Å²) >= 11 is 1.50. The summed E-state index contributed by atoms with van der Waals surface area (Å²) in [6.07, 6.45) is 2.40. The van der Waals surface area contributed by atoms with Crippen LogP contribution in [0.25, 0.3) is 10.2 Å². The Balaban J connectivity index is 1.79. The Bertz CT molecular complexity index is 776. The van der Waals surface area contributed by atoms with Gasteiger partial charge in [0.15, 0.2) is 0 Å². The maximum atomic E-state index is 12.9. The van der Waals surface area contributed by atoms with Gasteiger partial charge in [0, 0.05) is 26.2 Å². The molecule has 4 heterocycles. The van der Waals surface area contributed by atoms with Gasteiger partial charge in [0.25, 0.3) is 5.91 Å². The van der Waals surface area contributed by atoms with E-state index >= 15 is 0 Å². The van der Waals surface area contributed by atoms with Crippen LogP contribution >= 0.6 is 11.3 Å². The summed E-state index contributed by atoms with van der Waals surface area (Å²) in [7, 11) is 0. The highest BCUT2D eigenvalue weighted by Gasteiger charge is 2.27. The molecule has 2 aliphatic heterocycles. The molecule has 128 valence electrons. The van der Waals surface area contributed by atoms with Crippen molar-refractivity contribution in [3.63, 3.8) is 0 Å². The third kappa shape index (κ3) is 2.65. The van der Waals surface area contributed by atoms with Crippen molar-refractivity contribution in [2.75, 3.05) is 44.3 Å². The van der Waals surface area contributed by atoms with E-state index in [1.165, 1.54) is 24.2 Å². The first-order chi connectivity index (χ1) is 11.6. The number of amides is 1. The Morgan fingerprint density at radius 1 is 1.08 bits per heavy atom. The van der Waals surface area contributed by atoms with E-state index < -0.39 is 0 Å². The van der Waals surface area contributed by atoms with E-state index in [1.807, 2.05) is 18.7 Å². The lowest BCUT2D eigenvalue weighted by molar-refractivity contribution is 0.0306. The molecule has 2 saturated heterocycles. The van der Waals surface area contributed by atoms with Crippen molar-refractivity contribution in [1.29, 1.82) is 0 Å². The van der Waals surface area contributed by atoms with Gasteiger partial charge in [-0.05, 0) is 32.3 Å². The second-order valence-corrected chi connectivity index (χ2v) is 7.43. The first-order valence-electron chi connectivity index (χ1n) is 8.55. The Labute approximate surface area is 145 Å². The molecule has 0 saturated carbocycles. The Kier molecular flexibility index (Phi) is 4.14. The average Bonchev–Trinajstić information content (AvgIpc) is 3.23. The van der Waals surface area contributed by atoms with E-state index in [1.54, 1.807) is 0 Å². The van der Waals surface area contributed by atoms with Crippen LogP contribution in [0.4, 0.5) is 5.82 Å². The standard InChI is InChI=1S/C17H22N4O2S/c1-11-13-15(20-5-3-4-6-20)18-12(2)19-16(13)24-14(11)17(22)21-7-9-23-10-8-21/h3-10H2,1-2H3. The first kappa shape index (κ1) is 15.8. The molecule has 6 nitrogen and oxygen atoms in total. The van der Waals surface area contributed by atoms with Gasteiger partial charge in [-0.1, -0.05) is 0 Å². The van der Waals surface area contributed by atoms with Gasteiger partial charge in [-0.15, -0.1) is 11.3 Å². The van der Waals surface area contributed by atoms with E-state index in [0.29, 0.717) is 26.3 Å². The lowest BCUT2D eigenvalue weighted by Crippen LogP contribution is -2.40. The van der Waals surface area contributed by atoms with Crippen molar-refractivity contribution in [3.8, 4) is 0 Å². The van der Waals surface area contributed by atoms with Crippen LogP contribution in [-0.2, 0) is 4.74 Å². The van der Waals surface area contributed by atoms with Crippen molar-refractivity contribution in [1.82, 2.24) is 14.9 Å². The maximum Gasteiger partial charge on any atom is 0.264 e. The zero-order chi connectivity index (χ0) is 16.7. The fourth-order valence-corrected chi connectivity index (χ4v) is 4.68. The largest absolute Gasteiger partial charge is 0.378 e. The van der Waals surface area contributed by atoms with Crippen LogP contribution in [0, 0.1) is 13.8 Å². The van der Waals surface area contributed by atoms with Crippen LogP contribution in [0.2, 0.25) is 0 Å². The number of carbonyl (C=O) groups excluding carboxylic acids is 1. The normalized spacial score (nSPS) is 18.6. The number of ether oxygens (including phenoxy) is 1. The third-order valence-corrected chi connectivity index (χ3v) is 5.95. The summed E-state index contributed by atoms with van der Waals surface area (Å²) in [5.41, 5.74) is 1.02. The van der Waals surface area contributed by atoms with Crippen LogP contribution in [0.1, 0.15) is 33.9 Å². The summed E-state index contributed by atoms with van der Waals surface area (Å²) in [5.74, 6) is 1.88. The molecule has 2 aromatic heterocycles. The highest BCUT2D eigenvalue weighted by atomic mass is 32.1. The molecule has 0 aliphatic carbocycles. The predicted molar refractivity (Wildman–Crippen MR) is 95.1 cm³/mol. The van der Waals surface area contributed by atoms with Gasteiger partial charge >= 0.3 is 0 Å². The van der Waals surface area contributed by atoms with Crippen molar-refractivity contribution in [2.45, 2.75) is 26.7 Å². The second-order valence-electron chi connectivity index (χ2n) is 6.43. The molecule has 2 aromatic rings. The smallest absolute Gasteiger partial charge is 0.264 e. The van der Waals surface area contributed by atoms with Crippen molar-refractivity contribution >= 4 is 33.3 Å². The highest BCUT2D eigenvalue weighted by Crippen LogP contribution is 2.37. The Morgan fingerprint density at radius 3 is 2.50 bits per heavy atom. The summed E-state index contributed by atoms with van der Waals surface area (Å²) in [5, 5.41) is 1.06. The van der Waals surface area contributed by atoms with Gasteiger partial charge in [0.2, 0.25) is 0 Å². The number of hydrogen-bond donors (Lipinski definition) is 0. The topological polar surface area (TPSA) is 58.6 Å². The summed E-state index contributed by atoms with van der Waals surface area (Å²) in [6, 6.07) is 0. The van der Waals surface area contributed by atoms with E-state index in [2.05, 4.69) is 9.88 Å². The molecule has 7 heteroatoms. The highest BCUT2D eigenvalue weighted by molar-refractivity contribution is 7.20. The van der Waals surface area contributed by atoms with E-state index in [9.17, 15) is 4.79 Å². The molecular formula is C17H22N4O2S. The average molecular weight is 346 g/mol. The number of carbonyl (C=O) groups is 1. The van der Waals surface area contributed by atoms with Crippen molar-refractivity contribution in [2.24, 2.45) is 0 Å². The number of aromatic nitrogens is 2. The molecule has 2 aliphatic rings. The van der Waals surface area contributed by atoms with E-state index in [4.69, 9.17) is 9.72 Å². The molecular weight excluding hydrogens is 324 g/mol. The number of hydrogen-bond acceptors (Lipinski definition) is 6. The monoisotopic (exact) mass is 346 g/mol. The number of nitrogens with zero attached hydrogens (tertiary/aromatic N) is 4. The van der Waals surface area contributed by atoms with Gasteiger partial charge in [0.05, 0.1) is 23.5 Å². The van der Waals surface area contributed by atoms with Gasteiger partial charge in [-0.25, -0.2) is 9.97 Å². The number of morpholine rings is 1. The van der Waals surface area contributed by atoms with Gasteiger partial charge in [0.1, 0.15) is 16.5 Å². The quantitative estimate of drug-likeness (QED) is 0.836. The zero-order valence-corrected chi connectivity index (χ0v) is 15.0. The summed E-state index contributed by atoms with van der Waals surface area (Å²) in [6.45, 7) is 8.59. The van der Waals surface area contributed by atoms with Crippen LogP contribution in [-0.4, -0.2) is 60.2 Å². The maximum absolute atomic E-state index is 12.9. The molecule has 2 fully saturated rings. The molecule has 0 radical (unpaired) electrons. The van der Waals surface area contributed by atoms with Crippen molar-refractivity contribution in [3.05, 3.63) is 16.3 Å². The van der Waals surface area contributed by atoms with E-state index in [-0.39, 0.29) is 5.91 Å². The minimum Gasteiger partial charge on any atom is -0.378 e. The molecule has 0 atom stereocenters. The van der Waals surface area contributed by atoms with E-state index in [0.717, 1.165) is 45.4 Å². The van der Waals surface area contributed by atoms with Crippen LogP contribution in [0.5, 0.6) is 0 Å². The molecule has 24 heavy (non-hydrogen) atoms. The number of thiophene rings is 1. The molecule has 0 N–H and O–H groups in total. The van der Waals surface area contributed by atoms with Crippen LogP contribution < -0.4 is 4.90 Å². The Hall–Kier alpha value is -1.73. The molecule has 0 spiro atoms. The fourth-order valence-electron chi connectivity index (χ4n) is 3.49. The van der Waals surface area contributed by atoms with Gasteiger partial charge in [-0.3, -0.25) is 4.79 Å². The minimum absolute atomic E-state index is 0.101. The minimum atomic E-state index is 0.101. The van der Waals surface area contributed by atoms with Crippen LogP contribution in [0.15, 0.2) is 0 Å². The number of fused-ring (bicyclic) bond motifs is 1. The van der Waals surface area contributed by atoms with Gasteiger partial charge < -0.3 is 14.5 Å². The van der Waals surface area contributed by atoms with Crippen LogP contribution in [0.3, 0.4) is 0 Å². The lowest BCUT2D eigenvalue weighted by Gasteiger charge is -2.26. The molecule has 0 aromatic carbocycles. The SMILES string of the molecule is Cc1nc(N2CCCC2)c2c(C)c(C(=O)N3CCOCC3)sc2n1. The van der Waals surface area contributed by atoms with Crippen molar-refractivity contribution < 1.29 is 9.53 Å². The summed E-state index contributed by atoms with van der Waals surface area (Å²) < 4.78 is 5.36. The lowest BCUT2D eigenvalue weighted by atomic mass is 10.1. The second kappa shape index (κ2) is 6.29. The molecule has 0 unspecified atom stereocenters. The Morgan fingerprint density at radius 2 is 1.79 bits per heavy atom. The molecule has 4 rings (SSSR count). The third-order valence-electron chi connectivity index (χ3n) is 4.78.